The third-order valence-electron chi connectivity index (χ3n) is 1.57. The summed E-state index contributed by atoms with van der Waals surface area (Å²) in [5.74, 6) is 0.358. The van der Waals surface area contributed by atoms with E-state index in [-0.39, 0.29) is 5.54 Å². The molecule has 0 aliphatic heterocycles. The number of nitrogens with one attached hydrogen (secondary N) is 2. The van der Waals surface area contributed by atoms with Gasteiger partial charge in [0.25, 0.3) is 0 Å². The Bertz CT molecular complexity index is 324. The van der Waals surface area contributed by atoms with Gasteiger partial charge in [0.2, 0.25) is 5.96 Å². The molecule has 0 saturated carbocycles. The largest absolute Gasteiger partial charge is 0.369 e. The van der Waals surface area contributed by atoms with Crippen LogP contribution < -0.4 is 16.6 Å². The second-order valence-electron chi connectivity index (χ2n) is 4.33. The van der Waals surface area contributed by atoms with Crippen molar-refractivity contribution >= 4 is 11.6 Å². The van der Waals surface area contributed by atoms with Gasteiger partial charge in [-0.1, -0.05) is 18.2 Å². The first kappa shape index (κ1) is 11.5. The molecule has 4 heteroatoms. The van der Waals surface area contributed by atoms with Crippen LogP contribution >= 0.6 is 0 Å². The molecule has 0 aliphatic carbocycles. The molecule has 15 heavy (non-hydrogen) atoms. The van der Waals surface area contributed by atoms with Gasteiger partial charge in [-0.2, -0.15) is 0 Å². The average Bonchev–Trinajstić information content (AvgIpc) is 2.15. The zero-order valence-corrected chi connectivity index (χ0v) is 9.41. The molecule has 0 radical (unpaired) electrons. The van der Waals surface area contributed by atoms with Crippen LogP contribution in [0.15, 0.2) is 35.3 Å². The Morgan fingerprint density at radius 2 is 1.80 bits per heavy atom. The molecule has 0 saturated heterocycles. The molecule has 0 bridgehead atoms. The average molecular weight is 206 g/mol. The number of nitrogens with two attached hydrogens (primary N) is 1. The molecule has 0 spiro atoms. The Morgan fingerprint density at radius 3 is 2.33 bits per heavy atom. The molecule has 0 amide bonds. The minimum Gasteiger partial charge on any atom is -0.369 e. The Kier molecular flexibility index (Phi) is 3.68. The highest BCUT2D eigenvalue weighted by Crippen LogP contribution is 2.08. The van der Waals surface area contributed by atoms with Crippen LogP contribution in [0.3, 0.4) is 0 Å². The number of hydrogen-bond donors (Lipinski definition) is 3. The number of guanidine groups is 1. The summed E-state index contributed by atoms with van der Waals surface area (Å²) in [6, 6.07) is 9.57. The van der Waals surface area contributed by atoms with E-state index in [2.05, 4.69) is 15.8 Å². The Hall–Kier alpha value is -1.55. The summed E-state index contributed by atoms with van der Waals surface area (Å²) >= 11 is 0. The van der Waals surface area contributed by atoms with Crippen LogP contribution in [0, 0.1) is 0 Å². The normalized spacial score (nSPS) is 12.6. The Morgan fingerprint density at radius 1 is 1.20 bits per heavy atom. The van der Waals surface area contributed by atoms with Crippen molar-refractivity contribution < 1.29 is 0 Å². The highest BCUT2D eigenvalue weighted by molar-refractivity contribution is 5.80. The number of rotatable bonds is 2. The third-order valence-corrected chi connectivity index (χ3v) is 1.57. The van der Waals surface area contributed by atoms with E-state index in [4.69, 9.17) is 5.73 Å². The second kappa shape index (κ2) is 4.79. The van der Waals surface area contributed by atoms with Crippen LogP contribution in [-0.2, 0) is 0 Å². The first-order valence-corrected chi connectivity index (χ1v) is 4.90. The summed E-state index contributed by atoms with van der Waals surface area (Å²) in [4.78, 5) is 4.18. The molecule has 0 fully saturated rings. The first-order chi connectivity index (χ1) is 6.97. The lowest BCUT2D eigenvalue weighted by Gasteiger charge is -2.21. The quantitative estimate of drug-likeness (QED) is 0.390. The lowest BCUT2D eigenvalue weighted by Crippen LogP contribution is -2.51. The smallest absolute Gasteiger partial charge is 0.208 e. The fourth-order valence-corrected chi connectivity index (χ4v) is 0.921. The number of para-hydroxylation sites is 1. The number of aliphatic imine (C=N–C) groups is 1. The van der Waals surface area contributed by atoms with Gasteiger partial charge in [-0.15, -0.1) is 0 Å². The van der Waals surface area contributed by atoms with Crippen LogP contribution in [0.4, 0.5) is 5.69 Å². The highest BCUT2D eigenvalue weighted by Gasteiger charge is 2.07. The summed E-state index contributed by atoms with van der Waals surface area (Å²) in [6.45, 7) is 6.11. The minimum atomic E-state index is -0.0448. The van der Waals surface area contributed by atoms with E-state index in [1.165, 1.54) is 0 Å². The van der Waals surface area contributed by atoms with Crippen molar-refractivity contribution in [3.05, 3.63) is 30.3 Å². The molecule has 0 aromatic heterocycles. The van der Waals surface area contributed by atoms with Crippen LogP contribution in [0.2, 0.25) is 0 Å². The lowest BCUT2D eigenvalue weighted by molar-refractivity contribution is 0.403. The van der Waals surface area contributed by atoms with E-state index >= 15 is 0 Å². The SMILES string of the molecule is CC(C)(C)NNC(N)=Nc1ccccc1. The van der Waals surface area contributed by atoms with Crippen LogP contribution in [0.25, 0.3) is 0 Å². The lowest BCUT2D eigenvalue weighted by atomic mass is 10.1. The summed E-state index contributed by atoms with van der Waals surface area (Å²) in [6.07, 6.45) is 0. The summed E-state index contributed by atoms with van der Waals surface area (Å²) < 4.78 is 0. The fourth-order valence-electron chi connectivity index (χ4n) is 0.921. The molecule has 0 aliphatic rings. The molecule has 4 nitrogen and oxygen atoms in total. The fraction of sp³-hybridized carbons (Fsp3) is 0.364. The third kappa shape index (κ3) is 5.02. The molecular formula is C11H18N4. The van der Waals surface area contributed by atoms with Crippen molar-refractivity contribution in [1.82, 2.24) is 10.9 Å². The van der Waals surface area contributed by atoms with Gasteiger partial charge in [0.05, 0.1) is 5.69 Å². The minimum absolute atomic E-state index is 0.0448. The number of hydrogen-bond acceptors (Lipinski definition) is 2. The monoisotopic (exact) mass is 206 g/mol. The Balaban J connectivity index is 2.54. The molecule has 1 aromatic rings. The standard InChI is InChI=1S/C11H18N4/c1-11(2,3)15-14-10(12)13-9-7-5-4-6-8-9/h4-8,15H,1-3H3,(H3,12,13,14). The predicted molar refractivity (Wildman–Crippen MR) is 63.7 cm³/mol. The van der Waals surface area contributed by atoms with Gasteiger partial charge in [0.1, 0.15) is 0 Å². The predicted octanol–water partition coefficient (Wildman–Crippen LogP) is 1.53. The van der Waals surface area contributed by atoms with E-state index in [0.717, 1.165) is 5.69 Å². The molecule has 82 valence electrons. The van der Waals surface area contributed by atoms with E-state index in [0.29, 0.717) is 5.96 Å². The molecule has 0 unspecified atom stereocenters. The van der Waals surface area contributed by atoms with E-state index in [1.54, 1.807) is 0 Å². The van der Waals surface area contributed by atoms with Gasteiger partial charge in [0, 0.05) is 5.54 Å². The Labute approximate surface area is 90.6 Å². The van der Waals surface area contributed by atoms with Crippen molar-refractivity contribution in [3.8, 4) is 0 Å². The van der Waals surface area contributed by atoms with Crippen molar-refractivity contribution in [2.24, 2.45) is 10.7 Å². The van der Waals surface area contributed by atoms with Gasteiger partial charge >= 0.3 is 0 Å². The number of benzene rings is 1. The van der Waals surface area contributed by atoms with Crippen molar-refractivity contribution in [2.75, 3.05) is 0 Å². The zero-order valence-electron chi connectivity index (χ0n) is 9.41. The van der Waals surface area contributed by atoms with E-state index in [1.807, 2.05) is 51.1 Å². The van der Waals surface area contributed by atoms with Crippen molar-refractivity contribution in [2.45, 2.75) is 26.3 Å². The molecule has 0 heterocycles. The second-order valence-corrected chi connectivity index (χ2v) is 4.33. The van der Waals surface area contributed by atoms with Crippen molar-refractivity contribution in [3.63, 3.8) is 0 Å². The highest BCUT2D eigenvalue weighted by atomic mass is 15.4. The van der Waals surface area contributed by atoms with E-state index in [9.17, 15) is 0 Å². The summed E-state index contributed by atoms with van der Waals surface area (Å²) in [7, 11) is 0. The molecule has 0 atom stereocenters. The van der Waals surface area contributed by atoms with Gasteiger partial charge in [-0.25, -0.2) is 10.4 Å². The number of nitrogens with zero attached hydrogens (tertiary/aromatic N) is 1. The zero-order chi connectivity index (χ0) is 11.3. The molecule has 1 aromatic carbocycles. The maximum Gasteiger partial charge on any atom is 0.208 e. The van der Waals surface area contributed by atoms with Crippen molar-refractivity contribution in [1.29, 1.82) is 0 Å². The van der Waals surface area contributed by atoms with Crippen LogP contribution in [0.1, 0.15) is 20.8 Å². The maximum atomic E-state index is 5.69. The molecule has 4 N–H and O–H groups in total. The van der Waals surface area contributed by atoms with E-state index < -0.39 is 0 Å². The topological polar surface area (TPSA) is 62.4 Å². The van der Waals surface area contributed by atoms with Gasteiger partial charge in [0.15, 0.2) is 0 Å². The molecule has 1 rings (SSSR count). The van der Waals surface area contributed by atoms with Gasteiger partial charge < -0.3 is 5.73 Å². The molecular weight excluding hydrogens is 188 g/mol. The van der Waals surface area contributed by atoms with Crippen LogP contribution in [0.5, 0.6) is 0 Å². The number of hydrazine groups is 1. The first-order valence-electron chi connectivity index (χ1n) is 4.90. The maximum absolute atomic E-state index is 5.69. The van der Waals surface area contributed by atoms with Gasteiger partial charge in [-0.05, 0) is 32.9 Å². The van der Waals surface area contributed by atoms with Crippen LogP contribution in [-0.4, -0.2) is 11.5 Å². The summed E-state index contributed by atoms with van der Waals surface area (Å²) in [5.41, 5.74) is 12.4. The van der Waals surface area contributed by atoms with Gasteiger partial charge in [-0.3, -0.25) is 5.43 Å². The summed E-state index contributed by atoms with van der Waals surface area (Å²) in [5, 5.41) is 0.